The normalized spacial score (nSPS) is 9.91. The monoisotopic (exact) mass is 292 g/mol. The Bertz CT molecular complexity index is 623. The molecule has 0 atom stereocenters. The molecule has 0 aliphatic heterocycles. The Hall–Kier alpha value is -2.44. The zero-order valence-electron chi connectivity index (χ0n) is 15.0. The molecule has 0 N–H and O–H groups in total. The van der Waals surface area contributed by atoms with Gasteiger partial charge in [-0.05, 0) is 44.9 Å². The van der Waals surface area contributed by atoms with E-state index in [1.165, 1.54) is 0 Å². The fourth-order valence-corrected chi connectivity index (χ4v) is 1.23. The van der Waals surface area contributed by atoms with Gasteiger partial charge in [0, 0.05) is 16.7 Å². The Morgan fingerprint density at radius 2 is 1.18 bits per heavy atom. The molecule has 0 nitrogen and oxygen atoms in total. The first-order valence-electron chi connectivity index (χ1n) is 7.32. The Morgan fingerprint density at radius 3 is 1.59 bits per heavy atom. The van der Waals surface area contributed by atoms with Crippen LogP contribution in [0.4, 0.5) is 0 Å². The lowest BCUT2D eigenvalue weighted by atomic mass is 9.99. The first kappa shape index (κ1) is 21.9. The maximum absolute atomic E-state index is 3.98. The maximum atomic E-state index is 3.98. The van der Waals surface area contributed by atoms with Gasteiger partial charge in [-0.25, -0.2) is 0 Å². The fourth-order valence-electron chi connectivity index (χ4n) is 1.23. The van der Waals surface area contributed by atoms with Gasteiger partial charge in [-0.2, -0.15) is 0 Å². The summed E-state index contributed by atoms with van der Waals surface area (Å²) in [5.74, 6) is 11.8. The molecule has 0 aliphatic carbocycles. The summed E-state index contributed by atoms with van der Waals surface area (Å²) in [4.78, 5) is 0. The molecule has 0 amide bonds. The first-order chi connectivity index (χ1) is 10.3. The van der Waals surface area contributed by atoms with E-state index in [-0.39, 0.29) is 0 Å². The standard InChI is InChI=1S/C20H22.C2H6/c1-9-10-17(5)19(7)20(8)18(6)14-13-16(4)12-11-15(2)3;1-2/h11-12H,2,4-6H2,1,3,7-8H3;1-2H3/b12-11-,20-19-;. The van der Waals surface area contributed by atoms with Crippen molar-refractivity contribution in [3.8, 4) is 23.7 Å². The molecule has 0 aromatic carbocycles. The third kappa shape index (κ3) is 9.46. The zero-order valence-corrected chi connectivity index (χ0v) is 15.0. The van der Waals surface area contributed by atoms with Crippen LogP contribution in [0.25, 0.3) is 0 Å². The van der Waals surface area contributed by atoms with E-state index in [1.807, 2.05) is 46.8 Å². The van der Waals surface area contributed by atoms with Crippen molar-refractivity contribution in [2.75, 3.05) is 0 Å². The highest BCUT2D eigenvalue weighted by Gasteiger charge is 2.01. The zero-order chi connectivity index (χ0) is 17.7. The van der Waals surface area contributed by atoms with Crippen molar-refractivity contribution in [3.63, 3.8) is 0 Å². The SMILES string of the molecule is C=C(C)/C=C\C(=C)C#CC(=C)/C(C)=C(/C)C(=C)C#CC.CC. The first-order valence-corrected chi connectivity index (χ1v) is 7.32. The van der Waals surface area contributed by atoms with Crippen LogP contribution in [0.1, 0.15) is 41.5 Å². The van der Waals surface area contributed by atoms with Crippen molar-refractivity contribution in [1.82, 2.24) is 0 Å². The molecule has 116 valence electrons. The minimum atomic E-state index is 0.728. The van der Waals surface area contributed by atoms with E-state index in [4.69, 9.17) is 0 Å². The van der Waals surface area contributed by atoms with Crippen LogP contribution in [-0.2, 0) is 0 Å². The van der Waals surface area contributed by atoms with Gasteiger partial charge in [-0.1, -0.05) is 69.6 Å². The molecule has 0 heteroatoms. The van der Waals surface area contributed by atoms with Crippen molar-refractivity contribution in [1.29, 1.82) is 0 Å². The highest BCUT2D eigenvalue weighted by Crippen LogP contribution is 2.17. The molecule has 0 fully saturated rings. The molecule has 0 aliphatic rings. The average molecular weight is 292 g/mol. The Balaban J connectivity index is 0. The second-order valence-electron chi connectivity index (χ2n) is 4.54. The lowest BCUT2D eigenvalue weighted by Crippen LogP contribution is -1.89. The number of hydrogen-bond acceptors (Lipinski definition) is 0. The van der Waals surface area contributed by atoms with Gasteiger partial charge in [0.2, 0.25) is 0 Å². The van der Waals surface area contributed by atoms with Crippen LogP contribution in [0.15, 0.2) is 71.9 Å². The summed E-state index contributed by atoms with van der Waals surface area (Å²) in [6.07, 6.45) is 3.72. The molecule has 0 aromatic rings. The Kier molecular flexibility index (Phi) is 12.2. The predicted molar refractivity (Wildman–Crippen MR) is 102 cm³/mol. The lowest BCUT2D eigenvalue weighted by Gasteiger charge is -2.05. The van der Waals surface area contributed by atoms with E-state index in [0.29, 0.717) is 0 Å². The van der Waals surface area contributed by atoms with Gasteiger partial charge in [0.15, 0.2) is 0 Å². The van der Waals surface area contributed by atoms with Crippen molar-refractivity contribution in [2.24, 2.45) is 0 Å². The fraction of sp³-hybridized carbons (Fsp3) is 0.273. The molecule has 0 radical (unpaired) electrons. The topological polar surface area (TPSA) is 0 Å². The summed E-state index contributed by atoms with van der Waals surface area (Å²) in [5, 5.41) is 0. The molecule has 0 saturated carbocycles. The van der Waals surface area contributed by atoms with Crippen LogP contribution in [0.2, 0.25) is 0 Å². The molecule has 0 saturated heterocycles. The second kappa shape index (κ2) is 12.3. The average Bonchev–Trinajstić information content (AvgIpc) is 2.51. The van der Waals surface area contributed by atoms with Crippen molar-refractivity contribution in [3.05, 3.63) is 71.9 Å². The smallest absolute Gasteiger partial charge is 0.0209 e. The van der Waals surface area contributed by atoms with Crippen LogP contribution in [0.3, 0.4) is 0 Å². The van der Waals surface area contributed by atoms with Gasteiger partial charge in [-0.15, -0.1) is 5.92 Å². The Morgan fingerprint density at radius 1 is 0.727 bits per heavy atom. The van der Waals surface area contributed by atoms with E-state index in [9.17, 15) is 0 Å². The third-order valence-corrected chi connectivity index (χ3v) is 2.69. The van der Waals surface area contributed by atoms with Crippen LogP contribution in [0, 0.1) is 23.7 Å². The number of rotatable bonds is 4. The van der Waals surface area contributed by atoms with Crippen molar-refractivity contribution < 1.29 is 0 Å². The van der Waals surface area contributed by atoms with Gasteiger partial charge in [0.25, 0.3) is 0 Å². The summed E-state index contributed by atoms with van der Waals surface area (Å²) < 4.78 is 0. The summed E-state index contributed by atoms with van der Waals surface area (Å²) in [7, 11) is 0. The molecule has 0 unspecified atom stereocenters. The third-order valence-electron chi connectivity index (χ3n) is 2.69. The van der Waals surface area contributed by atoms with Gasteiger partial charge in [0.05, 0.1) is 0 Å². The summed E-state index contributed by atoms with van der Waals surface area (Å²) in [6, 6.07) is 0. The van der Waals surface area contributed by atoms with E-state index in [1.54, 1.807) is 6.92 Å². The number of allylic oxidation sites excluding steroid dienone is 8. The van der Waals surface area contributed by atoms with Crippen LogP contribution < -0.4 is 0 Å². The summed E-state index contributed by atoms with van der Waals surface area (Å²) in [6.45, 7) is 27.2. The molecular weight excluding hydrogens is 264 g/mol. The lowest BCUT2D eigenvalue weighted by molar-refractivity contribution is 1.32. The van der Waals surface area contributed by atoms with Crippen LogP contribution in [-0.4, -0.2) is 0 Å². The van der Waals surface area contributed by atoms with E-state index >= 15 is 0 Å². The van der Waals surface area contributed by atoms with E-state index < -0.39 is 0 Å². The van der Waals surface area contributed by atoms with Crippen LogP contribution in [0.5, 0.6) is 0 Å². The minimum absolute atomic E-state index is 0.728. The van der Waals surface area contributed by atoms with Gasteiger partial charge in [0.1, 0.15) is 0 Å². The second-order valence-corrected chi connectivity index (χ2v) is 4.54. The molecule has 0 heterocycles. The highest BCUT2D eigenvalue weighted by atomic mass is 14.0. The molecule has 22 heavy (non-hydrogen) atoms. The Labute approximate surface area is 137 Å². The van der Waals surface area contributed by atoms with Crippen molar-refractivity contribution >= 4 is 0 Å². The maximum Gasteiger partial charge on any atom is 0.0209 e. The van der Waals surface area contributed by atoms with Gasteiger partial charge < -0.3 is 0 Å². The van der Waals surface area contributed by atoms with E-state index in [0.717, 1.165) is 33.4 Å². The predicted octanol–water partition coefficient (Wildman–Crippen LogP) is 6.18. The quantitative estimate of drug-likeness (QED) is 0.429. The molecular formula is C22H28. The largest absolute Gasteiger partial charge is 0.101 e. The minimum Gasteiger partial charge on any atom is -0.101 e. The van der Waals surface area contributed by atoms with Crippen molar-refractivity contribution in [2.45, 2.75) is 41.5 Å². The van der Waals surface area contributed by atoms with E-state index in [2.05, 4.69) is 50.0 Å². The summed E-state index contributed by atoms with van der Waals surface area (Å²) >= 11 is 0. The molecule has 0 bridgehead atoms. The van der Waals surface area contributed by atoms with Crippen LogP contribution >= 0.6 is 0 Å². The van der Waals surface area contributed by atoms with Gasteiger partial charge in [-0.3, -0.25) is 0 Å². The molecule has 0 spiro atoms. The van der Waals surface area contributed by atoms with Gasteiger partial charge >= 0.3 is 0 Å². The molecule has 0 rings (SSSR count). The highest BCUT2D eigenvalue weighted by molar-refractivity contribution is 5.55. The number of hydrogen-bond donors (Lipinski definition) is 0. The molecule has 0 aromatic heterocycles. The summed E-state index contributed by atoms with van der Waals surface area (Å²) in [5.41, 5.74) is 5.27.